The highest BCUT2D eigenvalue weighted by Gasteiger charge is 2.58. The molecule has 1 saturated carbocycles. The lowest BCUT2D eigenvalue weighted by Crippen LogP contribution is -2.70. The minimum absolute atomic E-state index is 0.246. The molecule has 0 radical (unpaired) electrons. The Labute approximate surface area is 549 Å². The molecule has 3 fully saturated rings. The molecule has 7 aromatic carbocycles. The minimum Gasteiger partial charge on any atom is -0.446 e. The molecule has 96 heavy (non-hydrogen) atoms. The predicted molar refractivity (Wildman–Crippen MR) is 348 cm³/mol. The lowest BCUT2D eigenvalue weighted by molar-refractivity contribution is -0.328. The van der Waals surface area contributed by atoms with E-state index in [4.69, 9.17) is 75.0 Å². The number of para-hydroxylation sites is 7. The van der Waals surface area contributed by atoms with Crippen molar-refractivity contribution in [3.8, 4) is 0 Å². The molecule has 15 N–H and O–H groups in total. The normalized spacial score (nSPS) is 25.1. The van der Waals surface area contributed by atoms with Crippen molar-refractivity contribution in [2.45, 2.75) is 98.2 Å². The van der Waals surface area contributed by atoms with Crippen molar-refractivity contribution in [1.29, 1.82) is 0 Å². The Morgan fingerprint density at radius 3 is 0.917 bits per heavy atom. The number of nitrogens with one attached hydrogen (secondary N) is 7. The van der Waals surface area contributed by atoms with Crippen LogP contribution in [0, 0.1) is 0 Å². The summed E-state index contributed by atoms with van der Waals surface area (Å²) in [5, 5.41) is 18.3. The largest absolute Gasteiger partial charge is 0.446 e. The molecule has 29 nitrogen and oxygen atoms in total. The second-order valence-corrected chi connectivity index (χ2v) is 21.9. The summed E-state index contributed by atoms with van der Waals surface area (Å²) < 4.78 is 69.2. The molecule has 502 valence electrons. The number of ether oxygens (including phenoxy) is 11. The van der Waals surface area contributed by atoms with Crippen molar-refractivity contribution in [2.75, 3.05) is 50.4 Å². The van der Waals surface area contributed by atoms with Crippen LogP contribution in [0.25, 0.3) is 0 Å². The Kier molecular flexibility index (Phi) is 23.6. The van der Waals surface area contributed by atoms with Crippen LogP contribution in [0.3, 0.4) is 0 Å². The maximum absolute atomic E-state index is 14.5. The molecule has 7 amide bonds. The maximum atomic E-state index is 14.5. The number of amides is 7. The van der Waals surface area contributed by atoms with Crippen LogP contribution >= 0.6 is 0 Å². The molecule has 15 atom stereocenters. The lowest BCUT2D eigenvalue weighted by atomic mass is 9.84. The van der Waals surface area contributed by atoms with Gasteiger partial charge in [0.2, 0.25) is 0 Å². The maximum Gasteiger partial charge on any atom is 0.412 e. The average molecular weight is 1320 g/mol. The smallest absolute Gasteiger partial charge is 0.412 e. The zero-order chi connectivity index (χ0) is 67.3. The first-order valence-corrected chi connectivity index (χ1v) is 30.4. The fourth-order valence-electron chi connectivity index (χ4n) is 10.7. The average Bonchev–Trinajstić information content (AvgIpc) is 0.772. The third kappa shape index (κ3) is 18.9. The highest BCUT2D eigenvalue weighted by atomic mass is 16.8. The van der Waals surface area contributed by atoms with Crippen LogP contribution in [-0.4, -0.2) is 148 Å². The number of rotatable bonds is 20. The van der Waals surface area contributed by atoms with E-state index in [2.05, 4.69) is 37.2 Å². The first kappa shape index (κ1) is 68.0. The Hall–Kier alpha value is -10.9. The fraction of sp³-hybridized carbons (Fsp3) is 0.269. The zero-order valence-electron chi connectivity index (χ0n) is 51.1. The van der Waals surface area contributed by atoms with Crippen LogP contribution in [0.2, 0.25) is 0 Å². The number of hydrogen-bond acceptors (Lipinski definition) is 22. The monoisotopic (exact) mass is 1320 g/mol. The molecule has 2 heterocycles. The quantitative estimate of drug-likeness (QED) is 0.0318. The van der Waals surface area contributed by atoms with Gasteiger partial charge in [-0.2, -0.15) is 0 Å². The van der Waals surface area contributed by atoms with Gasteiger partial charge in [0.25, 0.3) is 0 Å². The summed E-state index contributed by atoms with van der Waals surface area (Å²) in [6.07, 6.45) is -28.8. The second-order valence-electron chi connectivity index (χ2n) is 21.9. The van der Waals surface area contributed by atoms with Crippen LogP contribution in [-0.2, 0) is 52.1 Å². The third-order valence-corrected chi connectivity index (χ3v) is 15.1. The molecule has 0 aromatic heterocycles. The molecule has 10 rings (SSSR count). The first-order chi connectivity index (χ1) is 46.6. The van der Waals surface area contributed by atoms with Gasteiger partial charge in [-0.05, 0) is 91.3 Å². The lowest BCUT2D eigenvalue weighted by Gasteiger charge is -2.50. The third-order valence-electron chi connectivity index (χ3n) is 15.1. The molecule has 1 aliphatic carbocycles. The second kappa shape index (κ2) is 33.3. The number of anilines is 7. The van der Waals surface area contributed by atoms with Crippen molar-refractivity contribution < 1.29 is 85.7 Å². The van der Waals surface area contributed by atoms with E-state index in [0.717, 1.165) is 0 Å². The van der Waals surface area contributed by atoms with Crippen molar-refractivity contribution in [3.63, 3.8) is 0 Å². The van der Waals surface area contributed by atoms with E-state index in [0.29, 0.717) is 17.1 Å². The summed E-state index contributed by atoms with van der Waals surface area (Å²) in [6.45, 7) is -1.17. The number of benzene rings is 7. The molecule has 0 unspecified atom stereocenters. The van der Waals surface area contributed by atoms with Gasteiger partial charge >= 0.3 is 42.7 Å². The Morgan fingerprint density at radius 1 is 0.323 bits per heavy atom. The summed E-state index contributed by atoms with van der Waals surface area (Å²) in [5.74, 6) is 0. The fourth-order valence-corrected chi connectivity index (χ4v) is 10.7. The van der Waals surface area contributed by atoms with E-state index in [1.807, 2.05) is 0 Å². The Balaban J connectivity index is 1.03. The van der Waals surface area contributed by atoms with Gasteiger partial charge in [-0.3, -0.25) is 37.2 Å². The van der Waals surface area contributed by atoms with Gasteiger partial charge in [0.1, 0.15) is 31.0 Å². The van der Waals surface area contributed by atoms with Crippen LogP contribution in [0.4, 0.5) is 73.4 Å². The number of carbonyl (C=O) groups excluding carboxylic acids is 7. The predicted octanol–water partition coefficient (Wildman–Crippen LogP) is 8.50. The van der Waals surface area contributed by atoms with Crippen LogP contribution in [0.15, 0.2) is 212 Å². The molecule has 7 aromatic rings. The van der Waals surface area contributed by atoms with Gasteiger partial charge in [0.05, 0.1) is 6.04 Å². The molecule has 0 bridgehead atoms. The summed E-state index contributed by atoms with van der Waals surface area (Å²) in [5.41, 5.74) is 29.7. The van der Waals surface area contributed by atoms with Crippen molar-refractivity contribution in [1.82, 2.24) is 0 Å². The number of nitrogens with two attached hydrogens (primary N) is 4. The molecule has 3 aliphatic rings. The summed E-state index contributed by atoms with van der Waals surface area (Å²) in [4.78, 5) is 98.3. The highest BCUT2D eigenvalue weighted by Crippen LogP contribution is 2.37. The van der Waals surface area contributed by atoms with E-state index < -0.39 is 148 Å². The van der Waals surface area contributed by atoms with Gasteiger partial charge in [-0.25, -0.2) is 33.6 Å². The highest BCUT2D eigenvalue weighted by molar-refractivity contribution is 5.88. The van der Waals surface area contributed by atoms with Gasteiger partial charge in [-0.15, -0.1) is 0 Å². The van der Waals surface area contributed by atoms with Gasteiger partial charge < -0.3 is 75.0 Å². The van der Waals surface area contributed by atoms with Crippen molar-refractivity contribution in [2.24, 2.45) is 22.9 Å². The first-order valence-electron chi connectivity index (χ1n) is 30.4. The summed E-state index contributed by atoms with van der Waals surface area (Å²) in [7, 11) is 0. The minimum atomic E-state index is -1.96. The summed E-state index contributed by atoms with van der Waals surface area (Å²) >= 11 is 0. The number of hydrogen-bond donors (Lipinski definition) is 11. The molecule has 29 heteroatoms. The topological polar surface area (TPSA) is 409 Å². The van der Waals surface area contributed by atoms with Crippen molar-refractivity contribution in [3.05, 3.63) is 212 Å². The molecular formula is C67H71N11O18. The van der Waals surface area contributed by atoms with E-state index in [1.54, 1.807) is 212 Å². The molecule has 2 aliphatic heterocycles. The SMILES string of the molecule is NC[C@@H]1O[C@@H](O[C@H]2[C@H](OC(=O)Nc3ccccc3)[C@@H](O[C@H]3O[C@H](COC(=O)Nc4ccccc4)[C@@H](OC(=O)Nc4ccccc4)[C@H](N)[C@H]3OC(=O)Nc3ccccc3)[C@H](N)C[C@@H]2N)[C@@H](OC(=O)Nc2ccccc2)[C@H](OC(=O)Nc2ccccc2)[C@H]1OC(=O)Nc1ccccc1. The van der Waals surface area contributed by atoms with E-state index in [9.17, 15) is 33.6 Å². The van der Waals surface area contributed by atoms with E-state index in [1.165, 1.54) is 0 Å². The Bertz CT molecular complexity index is 3660. The van der Waals surface area contributed by atoms with Gasteiger partial charge in [0, 0.05) is 58.4 Å². The standard InChI is InChI=1S/C67H71N11O18/c68-37-48-54(92-63(81)74-41-26-12-3-13-27-41)57(95-66(84)77-44-32-18-6-19-33-44)58(96-67(85)78-45-34-20-7-21-35-45)60(87-48)90-52-47(70)36-46(69)51(56(52)94-65(83)76-43-30-16-5-17-31-43)89-59-55(93-64(82)75-42-28-14-4-15-29-42)50(71)53(91-62(80)73-40-24-10-2-11-25-40)49(88-59)38-86-61(79)72-39-22-8-1-9-23-39/h1-35,46-60H,36-38,68-71H2,(H,72,79)(H,73,80)(H,74,81)(H,75,82)(H,76,83)(H,77,84)(H,78,85)/t46-,47+,48+,49-,50+,51+,52-,53-,54+,55-,56-,57-,58+,59-,60+/m1/s1. The van der Waals surface area contributed by atoms with Crippen LogP contribution in [0.1, 0.15) is 6.42 Å². The zero-order valence-corrected chi connectivity index (χ0v) is 51.1. The van der Waals surface area contributed by atoms with Crippen molar-refractivity contribution >= 4 is 82.5 Å². The van der Waals surface area contributed by atoms with Gasteiger partial charge in [-0.1, -0.05) is 127 Å². The Morgan fingerprint density at radius 2 is 0.583 bits per heavy atom. The van der Waals surface area contributed by atoms with Crippen LogP contribution in [0.5, 0.6) is 0 Å². The molecule has 2 saturated heterocycles. The molecular weight excluding hydrogens is 1250 g/mol. The van der Waals surface area contributed by atoms with E-state index in [-0.39, 0.29) is 29.2 Å². The van der Waals surface area contributed by atoms with Crippen LogP contribution < -0.4 is 60.2 Å². The summed E-state index contributed by atoms with van der Waals surface area (Å²) in [6, 6.07) is 53.2. The number of carbonyl (C=O) groups is 7. The van der Waals surface area contributed by atoms with E-state index >= 15 is 0 Å². The molecule has 0 spiro atoms. The van der Waals surface area contributed by atoms with Gasteiger partial charge in [0.15, 0.2) is 49.2 Å².